The normalized spacial score (nSPS) is 9.90. The smallest absolute Gasteiger partial charge is 0.335 e. The largest absolute Gasteiger partial charge is 0.478 e. The first-order chi connectivity index (χ1) is 10.1. The number of pyridine rings is 1. The molecule has 0 spiro atoms. The molecule has 21 heavy (non-hydrogen) atoms. The van der Waals surface area contributed by atoms with Crippen LogP contribution in [0.2, 0.25) is 0 Å². The molecule has 1 heterocycles. The Hall–Kier alpha value is -2.87. The molecule has 5 nitrogen and oxygen atoms in total. The third-order valence-electron chi connectivity index (χ3n) is 3.21. The van der Waals surface area contributed by atoms with Gasteiger partial charge in [0.2, 0.25) is 0 Å². The Morgan fingerprint density at radius 1 is 1.38 bits per heavy atom. The van der Waals surface area contributed by atoms with Crippen molar-refractivity contribution in [3.8, 4) is 6.07 Å². The molecular formula is C16H15N3O2. The Balaban J connectivity index is 2.08. The second-order valence-electron chi connectivity index (χ2n) is 4.60. The zero-order valence-corrected chi connectivity index (χ0v) is 11.6. The first kappa shape index (κ1) is 14.5. The molecule has 0 aliphatic rings. The third-order valence-corrected chi connectivity index (χ3v) is 3.21. The topological polar surface area (TPSA) is 86.0 Å². The van der Waals surface area contributed by atoms with Crippen LogP contribution in [0.1, 0.15) is 27.0 Å². The van der Waals surface area contributed by atoms with Gasteiger partial charge in [-0.25, -0.2) is 9.78 Å². The fourth-order valence-corrected chi connectivity index (χ4v) is 2.10. The number of anilines is 1. The van der Waals surface area contributed by atoms with Crippen LogP contribution in [-0.2, 0) is 6.42 Å². The number of aromatic carboxylic acids is 1. The number of nitrogens with one attached hydrogen (secondary N) is 1. The van der Waals surface area contributed by atoms with E-state index in [0.717, 1.165) is 11.1 Å². The molecule has 1 aromatic heterocycles. The lowest BCUT2D eigenvalue weighted by Gasteiger charge is -2.10. The van der Waals surface area contributed by atoms with Gasteiger partial charge in [-0.3, -0.25) is 0 Å². The van der Waals surface area contributed by atoms with Gasteiger partial charge in [0, 0.05) is 12.7 Å². The zero-order chi connectivity index (χ0) is 15.2. The van der Waals surface area contributed by atoms with E-state index in [-0.39, 0.29) is 0 Å². The molecule has 0 fully saturated rings. The number of aryl methyl sites for hydroxylation is 1. The molecule has 1 aromatic carbocycles. The van der Waals surface area contributed by atoms with Gasteiger partial charge in [-0.05, 0) is 36.6 Å². The van der Waals surface area contributed by atoms with E-state index in [9.17, 15) is 4.79 Å². The van der Waals surface area contributed by atoms with Crippen molar-refractivity contribution in [1.82, 2.24) is 4.98 Å². The lowest BCUT2D eigenvalue weighted by molar-refractivity contribution is 0.0695. The molecule has 0 amide bonds. The molecule has 0 saturated carbocycles. The monoisotopic (exact) mass is 281 g/mol. The van der Waals surface area contributed by atoms with E-state index >= 15 is 0 Å². The minimum absolute atomic E-state index is 0.303. The molecule has 0 saturated heterocycles. The number of hydrogen-bond acceptors (Lipinski definition) is 4. The van der Waals surface area contributed by atoms with Gasteiger partial charge in [-0.2, -0.15) is 5.26 Å². The van der Waals surface area contributed by atoms with E-state index in [4.69, 9.17) is 10.4 Å². The maximum Gasteiger partial charge on any atom is 0.335 e. The Morgan fingerprint density at radius 2 is 2.14 bits per heavy atom. The Morgan fingerprint density at radius 3 is 2.86 bits per heavy atom. The number of hydrogen-bond donors (Lipinski definition) is 2. The SMILES string of the molecule is Cc1ccnc(NCCc2ccccc2C(=O)O)c1C#N. The van der Waals surface area contributed by atoms with E-state index in [1.165, 1.54) is 0 Å². The van der Waals surface area contributed by atoms with Gasteiger partial charge in [0.25, 0.3) is 0 Å². The van der Waals surface area contributed by atoms with Crippen molar-refractivity contribution in [2.45, 2.75) is 13.3 Å². The number of carbonyl (C=O) groups is 1. The summed E-state index contributed by atoms with van der Waals surface area (Å²) in [6.45, 7) is 2.36. The summed E-state index contributed by atoms with van der Waals surface area (Å²) < 4.78 is 0. The maximum absolute atomic E-state index is 11.1. The predicted molar refractivity (Wildman–Crippen MR) is 79.3 cm³/mol. The summed E-state index contributed by atoms with van der Waals surface area (Å²) in [7, 11) is 0. The first-order valence-corrected chi connectivity index (χ1v) is 6.54. The number of carboxylic acids is 1. The number of nitriles is 1. The molecule has 2 aromatic rings. The summed E-state index contributed by atoms with van der Waals surface area (Å²) in [6.07, 6.45) is 2.19. The van der Waals surface area contributed by atoms with Gasteiger partial charge in [0.05, 0.1) is 11.1 Å². The summed E-state index contributed by atoms with van der Waals surface area (Å²) in [5, 5.41) is 21.3. The Bertz CT molecular complexity index is 705. The summed E-state index contributed by atoms with van der Waals surface area (Å²) >= 11 is 0. The maximum atomic E-state index is 11.1. The quantitative estimate of drug-likeness (QED) is 0.879. The van der Waals surface area contributed by atoms with Crippen LogP contribution in [0.25, 0.3) is 0 Å². The van der Waals surface area contributed by atoms with E-state index in [0.29, 0.717) is 29.9 Å². The molecule has 2 rings (SSSR count). The standard InChI is InChI=1S/C16H15N3O2/c1-11-6-8-18-15(14(11)10-17)19-9-7-12-4-2-3-5-13(12)16(20)21/h2-6,8H,7,9H2,1H3,(H,18,19)(H,20,21). The van der Waals surface area contributed by atoms with Crippen molar-refractivity contribution >= 4 is 11.8 Å². The molecule has 0 unspecified atom stereocenters. The van der Waals surface area contributed by atoms with E-state index in [1.807, 2.05) is 13.0 Å². The molecular weight excluding hydrogens is 266 g/mol. The fourth-order valence-electron chi connectivity index (χ4n) is 2.10. The van der Waals surface area contributed by atoms with Crippen LogP contribution >= 0.6 is 0 Å². The highest BCUT2D eigenvalue weighted by molar-refractivity contribution is 5.89. The molecule has 106 valence electrons. The van der Waals surface area contributed by atoms with Crippen molar-refractivity contribution < 1.29 is 9.90 Å². The summed E-state index contributed by atoms with van der Waals surface area (Å²) in [4.78, 5) is 15.3. The lowest BCUT2D eigenvalue weighted by atomic mass is 10.0. The molecule has 5 heteroatoms. The van der Waals surface area contributed by atoms with Crippen molar-refractivity contribution in [2.24, 2.45) is 0 Å². The average Bonchev–Trinajstić information content (AvgIpc) is 2.48. The minimum Gasteiger partial charge on any atom is -0.478 e. The molecule has 0 aliphatic carbocycles. The van der Waals surface area contributed by atoms with Gasteiger partial charge >= 0.3 is 5.97 Å². The summed E-state index contributed by atoms with van der Waals surface area (Å²) in [6, 6.07) is 10.8. The summed E-state index contributed by atoms with van der Waals surface area (Å²) in [5.74, 6) is -0.401. The summed E-state index contributed by atoms with van der Waals surface area (Å²) in [5.41, 5.74) is 2.44. The highest BCUT2D eigenvalue weighted by atomic mass is 16.4. The van der Waals surface area contributed by atoms with Gasteiger partial charge in [-0.15, -0.1) is 0 Å². The Kier molecular flexibility index (Phi) is 4.52. The zero-order valence-electron chi connectivity index (χ0n) is 11.6. The van der Waals surface area contributed by atoms with Crippen LogP contribution in [-0.4, -0.2) is 22.6 Å². The van der Waals surface area contributed by atoms with E-state index < -0.39 is 5.97 Å². The number of benzene rings is 1. The predicted octanol–water partition coefficient (Wildman–Crippen LogP) is 2.61. The highest BCUT2D eigenvalue weighted by Gasteiger charge is 2.09. The van der Waals surface area contributed by atoms with Crippen molar-refractivity contribution in [3.63, 3.8) is 0 Å². The van der Waals surface area contributed by atoms with Gasteiger partial charge < -0.3 is 10.4 Å². The van der Waals surface area contributed by atoms with E-state index in [1.54, 1.807) is 30.5 Å². The number of rotatable bonds is 5. The third kappa shape index (κ3) is 3.37. The van der Waals surface area contributed by atoms with Crippen molar-refractivity contribution in [2.75, 3.05) is 11.9 Å². The van der Waals surface area contributed by atoms with Crippen LogP contribution in [0.3, 0.4) is 0 Å². The van der Waals surface area contributed by atoms with Crippen LogP contribution in [0.4, 0.5) is 5.82 Å². The van der Waals surface area contributed by atoms with Crippen molar-refractivity contribution in [3.05, 3.63) is 58.8 Å². The molecule has 0 radical (unpaired) electrons. The number of carboxylic acid groups (broad SMARTS) is 1. The first-order valence-electron chi connectivity index (χ1n) is 6.54. The lowest BCUT2D eigenvalue weighted by Crippen LogP contribution is -2.11. The van der Waals surface area contributed by atoms with Crippen LogP contribution in [0.5, 0.6) is 0 Å². The van der Waals surface area contributed by atoms with Crippen LogP contribution in [0.15, 0.2) is 36.5 Å². The molecule has 0 aliphatic heterocycles. The average molecular weight is 281 g/mol. The van der Waals surface area contributed by atoms with E-state index in [2.05, 4.69) is 16.4 Å². The molecule has 2 N–H and O–H groups in total. The van der Waals surface area contributed by atoms with Crippen LogP contribution in [0, 0.1) is 18.3 Å². The van der Waals surface area contributed by atoms with Crippen LogP contribution < -0.4 is 5.32 Å². The molecule has 0 atom stereocenters. The number of aromatic nitrogens is 1. The van der Waals surface area contributed by atoms with Gasteiger partial charge in [0.15, 0.2) is 0 Å². The Labute approximate surface area is 122 Å². The van der Waals surface area contributed by atoms with Crippen molar-refractivity contribution in [1.29, 1.82) is 5.26 Å². The fraction of sp³-hybridized carbons (Fsp3) is 0.188. The second kappa shape index (κ2) is 6.53. The highest BCUT2D eigenvalue weighted by Crippen LogP contribution is 2.15. The minimum atomic E-state index is -0.933. The van der Waals surface area contributed by atoms with Gasteiger partial charge in [0.1, 0.15) is 11.9 Å². The number of nitrogens with zero attached hydrogens (tertiary/aromatic N) is 2. The molecule has 0 bridgehead atoms. The van der Waals surface area contributed by atoms with Gasteiger partial charge in [-0.1, -0.05) is 18.2 Å². The second-order valence-corrected chi connectivity index (χ2v) is 4.60.